The molecule has 0 unspecified atom stereocenters. The number of methoxy groups -OCH3 is 1. The summed E-state index contributed by atoms with van der Waals surface area (Å²) in [6.45, 7) is 1.89. The Kier molecular flexibility index (Phi) is 4.91. The molecule has 29 heavy (non-hydrogen) atoms. The van der Waals surface area contributed by atoms with Crippen LogP contribution in [0.25, 0.3) is 22.4 Å². The average molecular weight is 389 g/mol. The molecule has 0 saturated heterocycles. The topological polar surface area (TPSA) is 70.2 Å². The van der Waals surface area contributed by atoms with Gasteiger partial charge in [-0.2, -0.15) is 5.10 Å². The van der Waals surface area contributed by atoms with Crippen molar-refractivity contribution in [2.45, 2.75) is 6.92 Å². The molecule has 0 aliphatic rings. The molecular formula is C23H20FN3O2. The van der Waals surface area contributed by atoms with Crippen LogP contribution in [0.3, 0.4) is 0 Å². The van der Waals surface area contributed by atoms with Crippen molar-refractivity contribution in [2.75, 3.05) is 12.4 Å². The van der Waals surface area contributed by atoms with Gasteiger partial charge in [0.25, 0.3) is 0 Å². The fraction of sp³-hybridized carbons (Fsp3) is 0.0870. The lowest BCUT2D eigenvalue weighted by molar-refractivity contribution is 0.415. The van der Waals surface area contributed by atoms with Gasteiger partial charge in [-0.25, -0.2) is 4.39 Å². The summed E-state index contributed by atoms with van der Waals surface area (Å²) >= 11 is 0. The molecule has 1 aromatic heterocycles. The van der Waals surface area contributed by atoms with E-state index in [0.29, 0.717) is 28.4 Å². The molecule has 0 fully saturated rings. The Bertz CT molecular complexity index is 1170. The van der Waals surface area contributed by atoms with E-state index >= 15 is 0 Å². The maximum Gasteiger partial charge on any atom is 0.152 e. The fourth-order valence-corrected chi connectivity index (χ4v) is 3.17. The predicted octanol–water partition coefficient (Wildman–Crippen LogP) is 5.65. The van der Waals surface area contributed by atoms with Gasteiger partial charge in [-0.05, 0) is 54.4 Å². The molecule has 146 valence electrons. The number of phenolic OH excluding ortho intramolecular Hbond substituents is 1. The monoisotopic (exact) mass is 389 g/mol. The van der Waals surface area contributed by atoms with Crippen LogP contribution in [0.5, 0.6) is 11.5 Å². The Morgan fingerprint density at radius 3 is 2.62 bits per heavy atom. The molecule has 0 radical (unpaired) electrons. The molecule has 0 amide bonds. The van der Waals surface area contributed by atoms with Crippen molar-refractivity contribution < 1.29 is 14.2 Å². The molecule has 3 aromatic carbocycles. The van der Waals surface area contributed by atoms with E-state index in [1.807, 2.05) is 37.3 Å². The van der Waals surface area contributed by atoms with E-state index < -0.39 is 0 Å². The number of hydrogen-bond acceptors (Lipinski definition) is 4. The van der Waals surface area contributed by atoms with Crippen molar-refractivity contribution in [3.05, 3.63) is 78.1 Å². The summed E-state index contributed by atoms with van der Waals surface area (Å²) in [6, 6.07) is 19.3. The van der Waals surface area contributed by atoms with Crippen LogP contribution in [-0.2, 0) is 0 Å². The number of anilines is 2. The summed E-state index contributed by atoms with van der Waals surface area (Å²) in [6.07, 6.45) is 0. The van der Waals surface area contributed by atoms with Gasteiger partial charge in [0, 0.05) is 22.9 Å². The third-order valence-electron chi connectivity index (χ3n) is 4.71. The maximum absolute atomic E-state index is 14.8. The minimum absolute atomic E-state index is 0.211. The predicted molar refractivity (Wildman–Crippen MR) is 112 cm³/mol. The second-order valence-corrected chi connectivity index (χ2v) is 6.72. The zero-order chi connectivity index (χ0) is 20.4. The second kappa shape index (κ2) is 7.67. The summed E-state index contributed by atoms with van der Waals surface area (Å²) in [5, 5.41) is 19.9. The molecule has 0 aliphatic heterocycles. The molecule has 4 rings (SSSR count). The molecule has 0 spiro atoms. The third kappa shape index (κ3) is 3.91. The van der Waals surface area contributed by atoms with E-state index in [1.54, 1.807) is 37.4 Å². The van der Waals surface area contributed by atoms with Crippen LogP contribution in [0.1, 0.15) is 5.56 Å². The quantitative estimate of drug-likeness (QED) is 0.386. The van der Waals surface area contributed by atoms with E-state index in [4.69, 9.17) is 4.74 Å². The Hall–Kier alpha value is -3.80. The van der Waals surface area contributed by atoms with Gasteiger partial charge in [-0.3, -0.25) is 5.10 Å². The molecule has 6 heteroatoms. The first-order chi connectivity index (χ1) is 14.0. The van der Waals surface area contributed by atoms with Crippen LogP contribution in [0.4, 0.5) is 15.9 Å². The lowest BCUT2D eigenvalue weighted by atomic mass is 10.0. The number of aryl methyl sites for hydroxylation is 1. The van der Waals surface area contributed by atoms with Gasteiger partial charge < -0.3 is 15.2 Å². The number of nitrogens with zero attached hydrogens (tertiary/aromatic N) is 1. The summed E-state index contributed by atoms with van der Waals surface area (Å²) in [4.78, 5) is 0. The molecule has 0 bridgehead atoms. The van der Waals surface area contributed by atoms with Crippen molar-refractivity contribution >= 4 is 11.5 Å². The van der Waals surface area contributed by atoms with Crippen LogP contribution in [0, 0.1) is 12.7 Å². The molecule has 0 aliphatic carbocycles. The second-order valence-electron chi connectivity index (χ2n) is 6.72. The number of aromatic hydroxyl groups is 1. The Balaban J connectivity index is 1.58. The van der Waals surface area contributed by atoms with Gasteiger partial charge in [0.2, 0.25) is 0 Å². The number of aromatic amines is 1. The molecule has 1 heterocycles. The smallest absolute Gasteiger partial charge is 0.152 e. The highest BCUT2D eigenvalue weighted by Crippen LogP contribution is 2.30. The average Bonchev–Trinajstić information content (AvgIpc) is 3.19. The van der Waals surface area contributed by atoms with Crippen LogP contribution >= 0.6 is 0 Å². The van der Waals surface area contributed by atoms with Crippen LogP contribution in [0.15, 0.2) is 66.7 Å². The zero-order valence-electron chi connectivity index (χ0n) is 16.0. The van der Waals surface area contributed by atoms with Gasteiger partial charge in [0.1, 0.15) is 17.3 Å². The highest BCUT2D eigenvalue weighted by atomic mass is 19.1. The van der Waals surface area contributed by atoms with Gasteiger partial charge in [-0.15, -0.1) is 0 Å². The van der Waals surface area contributed by atoms with Crippen molar-refractivity contribution in [3.8, 4) is 33.9 Å². The van der Waals surface area contributed by atoms with Crippen LogP contribution in [0.2, 0.25) is 0 Å². The minimum atomic E-state index is -0.325. The van der Waals surface area contributed by atoms with E-state index in [2.05, 4.69) is 15.5 Å². The standard InChI is InChI=1S/C23H20FN3O2/c1-14-10-17(28)7-9-21(14)25-23-13-22(26-27-23)16-6-8-19(20(24)12-16)15-4-3-5-18(11-15)29-2/h3-13,28H,1-2H3,(H2,25,26,27). The third-order valence-corrected chi connectivity index (χ3v) is 4.71. The lowest BCUT2D eigenvalue weighted by Crippen LogP contribution is -1.92. The van der Waals surface area contributed by atoms with Crippen molar-refractivity contribution in [1.29, 1.82) is 0 Å². The van der Waals surface area contributed by atoms with E-state index in [1.165, 1.54) is 6.07 Å². The summed E-state index contributed by atoms with van der Waals surface area (Å²) in [7, 11) is 1.59. The van der Waals surface area contributed by atoms with E-state index in [-0.39, 0.29) is 11.6 Å². The van der Waals surface area contributed by atoms with Gasteiger partial charge >= 0.3 is 0 Å². The van der Waals surface area contributed by atoms with E-state index in [0.717, 1.165) is 16.8 Å². The van der Waals surface area contributed by atoms with Crippen LogP contribution < -0.4 is 10.1 Å². The number of benzene rings is 3. The lowest BCUT2D eigenvalue weighted by Gasteiger charge is -2.07. The highest BCUT2D eigenvalue weighted by Gasteiger charge is 2.11. The SMILES string of the molecule is COc1cccc(-c2ccc(-c3cc(Nc4ccc(O)cc4C)n[nH]3)cc2F)c1. The van der Waals surface area contributed by atoms with Crippen molar-refractivity contribution in [3.63, 3.8) is 0 Å². The molecule has 0 saturated carbocycles. The van der Waals surface area contributed by atoms with Gasteiger partial charge in [-0.1, -0.05) is 24.3 Å². The van der Waals surface area contributed by atoms with Crippen molar-refractivity contribution in [2.24, 2.45) is 0 Å². The number of hydrogen-bond donors (Lipinski definition) is 3. The normalized spacial score (nSPS) is 10.7. The number of phenols is 1. The first-order valence-electron chi connectivity index (χ1n) is 9.10. The number of rotatable bonds is 5. The largest absolute Gasteiger partial charge is 0.508 e. The van der Waals surface area contributed by atoms with Crippen LogP contribution in [-0.4, -0.2) is 22.4 Å². The highest BCUT2D eigenvalue weighted by molar-refractivity contribution is 5.72. The zero-order valence-corrected chi connectivity index (χ0v) is 16.0. The molecular weight excluding hydrogens is 369 g/mol. The Labute approximate surface area is 167 Å². The number of H-pyrrole nitrogens is 1. The Morgan fingerprint density at radius 2 is 1.86 bits per heavy atom. The fourth-order valence-electron chi connectivity index (χ4n) is 3.17. The first kappa shape index (κ1) is 18.6. The molecule has 4 aromatic rings. The summed E-state index contributed by atoms with van der Waals surface area (Å²) in [5.74, 6) is 1.17. The molecule has 0 atom stereocenters. The summed E-state index contributed by atoms with van der Waals surface area (Å²) in [5.41, 5.74) is 4.37. The van der Waals surface area contributed by atoms with Crippen molar-refractivity contribution in [1.82, 2.24) is 10.2 Å². The number of halogens is 1. The minimum Gasteiger partial charge on any atom is -0.508 e. The van der Waals surface area contributed by atoms with E-state index in [9.17, 15) is 9.50 Å². The number of nitrogens with one attached hydrogen (secondary N) is 2. The molecule has 3 N–H and O–H groups in total. The maximum atomic E-state index is 14.8. The number of aromatic nitrogens is 2. The molecule has 5 nitrogen and oxygen atoms in total. The van der Waals surface area contributed by atoms with Gasteiger partial charge in [0.15, 0.2) is 5.82 Å². The summed E-state index contributed by atoms with van der Waals surface area (Å²) < 4.78 is 20.0. The van der Waals surface area contributed by atoms with Gasteiger partial charge in [0.05, 0.1) is 12.8 Å². The first-order valence-corrected chi connectivity index (χ1v) is 9.10. The Morgan fingerprint density at radius 1 is 1.00 bits per heavy atom. The number of ether oxygens (including phenoxy) is 1.